The zero-order chi connectivity index (χ0) is 25.4. The van der Waals surface area contributed by atoms with E-state index in [4.69, 9.17) is 12.2 Å². The van der Waals surface area contributed by atoms with Crippen molar-refractivity contribution in [1.82, 2.24) is 14.9 Å². The van der Waals surface area contributed by atoms with Gasteiger partial charge in [0.25, 0.3) is 0 Å². The van der Waals surface area contributed by atoms with Gasteiger partial charge in [-0.15, -0.1) is 0 Å². The van der Waals surface area contributed by atoms with Crippen LogP contribution in [0.25, 0.3) is 0 Å². The van der Waals surface area contributed by atoms with Gasteiger partial charge in [-0.05, 0) is 86.9 Å². The highest BCUT2D eigenvalue weighted by atomic mass is 32.2. The number of nitrogens with zero attached hydrogens (tertiary/aromatic N) is 3. The van der Waals surface area contributed by atoms with Crippen molar-refractivity contribution < 1.29 is 8.42 Å². The Morgan fingerprint density at radius 2 is 1.78 bits per heavy atom. The zero-order valence-electron chi connectivity index (χ0n) is 20.9. The molecule has 1 aliphatic carbocycles. The summed E-state index contributed by atoms with van der Waals surface area (Å²) in [6.07, 6.45) is 9.29. The first-order valence-electron chi connectivity index (χ1n) is 12.5. The highest BCUT2D eigenvalue weighted by Crippen LogP contribution is 2.44. The molecule has 9 heteroatoms. The van der Waals surface area contributed by atoms with Crippen LogP contribution in [0.4, 0.5) is 11.4 Å². The van der Waals surface area contributed by atoms with E-state index in [1.54, 1.807) is 12.1 Å². The lowest BCUT2D eigenvalue weighted by atomic mass is 9.94. The molecule has 1 aliphatic heterocycles. The van der Waals surface area contributed by atoms with Crippen LogP contribution in [0.1, 0.15) is 72.9 Å². The topological polar surface area (TPSA) is 79.3 Å². The molecule has 2 N–H and O–H groups in total. The summed E-state index contributed by atoms with van der Waals surface area (Å²) in [5, 5.41) is 4.16. The number of aryl methyl sites for hydroxylation is 1. The average Bonchev–Trinajstić information content (AvgIpc) is 3.35. The third-order valence-corrected chi connectivity index (χ3v) is 8.25. The number of sulfonamides is 1. The fourth-order valence-corrected chi connectivity index (χ4v) is 6.77. The van der Waals surface area contributed by atoms with Crippen LogP contribution < -0.4 is 14.9 Å². The third-order valence-electron chi connectivity index (χ3n) is 7.33. The Balaban J connectivity index is 1.58. The second kappa shape index (κ2) is 9.86. The fraction of sp³-hybridized carbons (Fsp3) is 0.407. The van der Waals surface area contributed by atoms with E-state index < -0.39 is 10.0 Å². The molecule has 1 saturated heterocycles. The minimum atomic E-state index is -3.35. The number of anilines is 2. The van der Waals surface area contributed by atoms with E-state index in [-0.39, 0.29) is 12.1 Å². The van der Waals surface area contributed by atoms with E-state index in [9.17, 15) is 8.42 Å². The molecule has 3 aromatic rings. The van der Waals surface area contributed by atoms with Crippen LogP contribution in [0.2, 0.25) is 0 Å². The van der Waals surface area contributed by atoms with Gasteiger partial charge in [-0.3, -0.25) is 9.71 Å². The molecule has 1 saturated carbocycles. The second-order valence-electron chi connectivity index (χ2n) is 9.91. The van der Waals surface area contributed by atoms with Gasteiger partial charge < -0.3 is 14.8 Å². The number of pyridine rings is 1. The van der Waals surface area contributed by atoms with Crippen LogP contribution in [-0.4, -0.2) is 29.3 Å². The third kappa shape index (κ3) is 4.86. The zero-order valence-corrected chi connectivity index (χ0v) is 22.6. The monoisotopic (exact) mass is 523 g/mol. The van der Waals surface area contributed by atoms with Crippen LogP contribution in [0.15, 0.2) is 54.7 Å². The molecule has 3 heterocycles. The number of thiocarbonyl (C=S) groups is 1. The lowest BCUT2D eigenvalue weighted by molar-refractivity contribution is 0.345. The van der Waals surface area contributed by atoms with Gasteiger partial charge in [0.2, 0.25) is 10.0 Å². The normalized spacial score (nSPS) is 21.0. The summed E-state index contributed by atoms with van der Waals surface area (Å²) in [5.74, 6) is 0. The van der Waals surface area contributed by atoms with Crippen molar-refractivity contribution in [3.63, 3.8) is 0 Å². The van der Waals surface area contributed by atoms with Crippen LogP contribution in [0.3, 0.4) is 0 Å². The summed E-state index contributed by atoms with van der Waals surface area (Å²) in [6, 6.07) is 16.0. The number of hydrogen-bond acceptors (Lipinski definition) is 4. The minimum absolute atomic E-state index is 0.0929. The number of rotatable bonds is 6. The first-order chi connectivity index (χ1) is 17.2. The van der Waals surface area contributed by atoms with Crippen molar-refractivity contribution in [3.05, 3.63) is 77.4 Å². The molecule has 5 rings (SSSR count). The van der Waals surface area contributed by atoms with Crippen LogP contribution in [0, 0.1) is 13.8 Å². The molecule has 7 nitrogen and oxygen atoms in total. The number of hydrogen-bond donors (Lipinski definition) is 2. The van der Waals surface area contributed by atoms with E-state index in [1.165, 1.54) is 49.1 Å². The van der Waals surface area contributed by atoms with Gasteiger partial charge in [0.05, 0.1) is 24.0 Å². The quantitative estimate of drug-likeness (QED) is 0.412. The van der Waals surface area contributed by atoms with E-state index in [0.717, 1.165) is 17.6 Å². The lowest BCUT2D eigenvalue weighted by Crippen LogP contribution is -2.29. The maximum absolute atomic E-state index is 11.7. The van der Waals surface area contributed by atoms with Crippen molar-refractivity contribution in [1.29, 1.82) is 0 Å². The average molecular weight is 524 g/mol. The summed E-state index contributed by atoms with van der Waals surface area (Å²) in [7, 11) is -3.35. The van der Waals surface area contributed by atoms with Crippen molar-refractivity contribution in [3.8, 4) is 0 Å². The Bertz CT molecular complexity index is 1350. The first-order valence-corrected chi connectivity index (χ1v) is 14.8. The SMILES string of the molecule is Cc1cc([C@@H]2[C@H](c3ccccn3)NC(=S)N2c2ccc(NS(C)(=O)=O)cc2)c(C)n1C1CCCCC1. The Hall–Kier alpha value is -2.91. The fourth-order valence-electron chi connectivity index (χ4n) is 5.86. The Labute approximate surface area is 219 Å². The predicted molar refractivity (Wildman–Crippen MR) is 149 cm³/mol. The summed E-state index contributed by atoms with van der Waals surface area (Å²) in [5.41, 5.74) is 6.14. The van der Waals surface area contributed by atoms with Gasteiger partial charge in [-0.1, -0.05) is 25.3 Å². The maximum Gasteiger partial charge on any atom is 0.229 e. The lowest BCUT2D eigenvalue weighted by Gasteiger charge is -2.30. The van der Waals surface area contributed by atoms with Gasteiger partial charge in [0, 0.05) is 35.0 Å². The smallest absolute Gasteiger partial charge is 0.229 e. The molecule has 36 heavy (non-hydrogen) atoms. The molecule has 0 radical (unpaired) electrons. The molecular weight excluding hydrogens is 490 g/mol. The molecule has 0 bridgehead atoms. The largest absolute Gasteiger partial charge is 0.351 e. The van der Waals surface area contributed by atoms with E-state index >= 15 is 0 Å². The van der Waals surface area contributed by atoms with E-state index in [0.29, 0.717) is 16.8 Å². The van der Waals surface area contributed by atoms with Gasteiger partial charge in [-0.25, -0.2) is 8.42 Å². The maximum atomic E-state index is 11.7. The molecule has 2 aliphatic rings. The van der Waals surface area contributed by atoms with Gasteiger partial charge >= 0.3 is 0 Å². The molecule has 2 fully saturated rings. The van der Waals surface area contributed by atoms with Gasteiger partial charge in [-0.2, -0.15) is 0 Å². The Morgan fingerprint density at radius 1 is 1.06 bits per heavy atom. The number of benzene rings is 1. The van der Waals surface area contributed by atoms with Crippen LogP contribution in [-0.2, 0) is 10.0 Å². The molecule has 0 amide bonds. The summed E-state index contributed by atoms with van der Waals surface area (Å²) < 4.78 is 28.4. The number of nitrogens with one attached hydrogen (secondary N) is 2. The Morgan fingerprint density at radius 3 is 2.42 bits per heavy atom. The summed E-state index contributed by atoms with van der Waals surface area (Å²) in [4.78, 5) is 6.81. The highest BCUT2D eigenvalue weighted by molar-refractivity contribution is 7.92. The molecule has 190 valence electrons. The molecule has 2 atom stereocenters. The summed E-state index contributed by atoms with van der Waals surface area (Å²) in [6.45, 7) is 4.43. The Kier molecular flexibility index (Phi) is 6.78. The molecule has 0 unspecified atom stereocenters. The summed E-state index contributed by atoms with van der Waals surface area (Å²) >= 11 is 5.87. The predicted octanol–water partition coefficient (Wildman–Crippen LogP) is 5.55. The first kappa shape index (κ1) is 24.8. The van der Waals surface area contributed by atoms with Gasteiger partial charge in [0.15, 0.2) is 5.11 Å². The standard InChI is InChI=1S/C27H33N5O2S2/c1-18-17-23(19(2)31(18)21-9-5-4-6-10-21)26-25(24-11-7-8-16-28-24)29-27(35)32(26)22-14-12-20(13-15-22)30-36(3,33)34/h7-8,11-17,21,25-26,30H,4-6,9-10H2,1-3H3,(H,29,35)/t25-,26+/m0/s1. The second-order valence-corrected chi connectivity index (χ2v) is 12.0. The van der Waals surface area contributed by atoms with Gasteiger partial charge in [0.1, 0.15) is 0 Å². The molecule has 2 aromatic heterocycles. The van der Waals surface area contributed by atoms with Crippen LogP contribution in [0.5, 0.6) is 0 Å². The molecule has 1 aromatic carbocycles. The van der Waals surface area contributed by atoms with Crippen molar-refractivity contribution in [2.24, 2.45) is 0 Å². The van der Waals surface area contributed by atoms with E-state index in [1.807, 2.05) is 36.5 Å². The van der Waals surface area contributed by atoms with Crippen molar-refractivity contribution in [2.45, 2.75) is 64.1 Å². The minimum Gasteiger partial charge on any atom is -0.351 e. The molecule has 0 spiro atoms. The highest BCUT2D eigenvalue weighted by Gasteiger charge is 2.42. The van der Waals surface area contributed by atoms with E-state index in [2.05, 4.69) is 44.4 Å². The van der Waals surface area contributed by atoms with Crippen molar-refractivity contribution in [2.75, 3.05) is 15.9 Å². The van der Waals surface area contributed by atoms with Crippen LogP contribution >= 0.6 is 12.2 Å². The van der Waals surface area contributed by atoms with Crippen molar-refractivity contribution >= 4 is 38.7 Å². The molecular formula is C27H33N5O2S2. The number of aromatic nitrogens is 2.